The van der Waals surface area contributed by atoms with Crippen molar-refractivity contribution in [2.24, 2.45) is 5.92 Å². The predicted molar refractivity (Wildman–Crippen MR) is 128 cm³/mol. The number of aromatic nitrogens is 2. The number of aromatic amines is 1. The summed E-state index contributed by atoms with van der Waals surface area (Å²) in [7, 11) is 1.58. The van der Waals surface area contributed by atoms with Crippen molar-refractivity contribution in [3.63, 3.8) is 0 Å². The molecule has 1 heterocycles. The number of Topliss-reactive ketones (excluding diaryl/α,β-unsaturated/α-hetero) is 1. The summed E-state index contributed by atoms with van der Waals surface area (Å²) < 4.78 is 46.6. The van der Waals surface area contributed by atoms with Crippen molar-refractivity contribution in [2.75, 3.05) is 7.11 Å². The minimum absolute atomic E-state index is 0.0676. The molecule has 0 aliphatic heterocycles. The molecule has 3 aromatic rings. The number of methoxy groups -OCH3 is 1. The van der Waals surface area contributed by atoms with Crippen LogP contribution in [0, 0.1) is 5.92 Å². The fourth-order valence-electron chi connectivity index (χ4n) is 4.32. The van der Waals surface area contributed by atoms with Crippen LogP contribution in [0.5, 0.6) is 11.5 Å². The number of alkyl halides is 3. The summed E-state index contributed by atoms with van der Waals surface area (Å²) in [4.78, 5) is 33.0. The van der Waals surface area contributed by atoms with Crippen LogP contribution < -0.4 is 15.0 Å². The summed E-state index contributed by atoms with van der Waals surface area (Å²) in [5.74, 6) is 0.524. The zero-order valence-electron chi connectivity index (χ0n) is 20.2. The standard InChI is InChI=1S/C27H27F3N2O4/c1-26(2,18-8-12-19(35-3)13-9-18)25-31-22(15-24(34)32-25)23(33)14-21(16-4-5-16)17-6-10-20(11-7-17)36-27(28,29)30/h6-13,15-16,21H,4-5,14H2,1-3H3,(H,31,32,34)/t21-/m1/s1. The Morgan fingerprint density at radius 2 is 1.67 bits per heavy atom. The Labute approximate surface area is 206 Å². The van der Waals surface area contributed by atoms with E-state index < -0.39 is 17.3 Å². The Morgan fingerprint density at radius 1 is 1.06 bits per heavy atom. The van der Waals surface area contributed by atoms with Crippen molar-refractivity contribution in [3.8, 4) is 11.5 Å². The van der Waals surface area contributed by atoms with Gasteiger partial charge in [0.2, 0.25) is 0 Å². The maximum Gasteiger partial charge on any atom is 0.573 e. The maximum absolute atomic E-state index is 13.3. The average molecular weight is 501 g/mol. The number of H-pyrrole nitrogens is 1. The SMILES string of the molecule is COc1ccc(C(C)(C)c2nc(C(=O)C[C@@H](c3ccc(OC(F)(F)F)cc3)C3CC3)cc(=O)[nH]2)cc1. The van der Waals surface area contributed by atoms with Crippen molar-refractivity contribution in [2.45, 2.75) is 50.8 Å². The van der Waals surface area contributed by atoms with E-state index in [-0.39, 0.29) is 35.5 Å². The monoisotopic (exact) mass is 500 g/mol. The van der Waals surface area contributed by atoms with Gasteiger partial charge in [-0.15, -0.1) is 13.2 Å². The zero-order chi connectivity index (χ0) is 26.1. The molecule has 1 N–H and O–H groups in total. The summed E-state index contributed by atoms with van der Waals surface area (Å²) >= 11 is 0. The number of hydrogen-bond acceptors (Lipinski definition) is 5. The molecule has 9 heteroatoms. The summed E-state index contributed by atoms with van der Waals surface area (Å²) in [6.07, 6.45) is -2.81. The molecular weight excluding hydrogens is 473 g/mol. The highest BCUT2D eigenvalue weighted by molar-refractivity contribution is 5.94. The number of halogens is 3. The van der Waals surface area contributed by atoms with E-state index in [0.717, 1.165) is 24.0 Å². The fraction of sp³-hybridized carbons (Fsp3) is 0.370. The van der Waals surface area contributed by atoms with Crippen LogP contribution in [0.4, 0.5) is 13.2 Å². The molecule has 190 valence electrons. The van der Waals surface area contributed by atoms with E-state index >= 15 is 0 Å². The molecule has 0 radical (unpaired) electrons. The molecule has 0 amide bonds. The van der Waals surface area contributed by atoms with Gasteiger partial charge in [-0.1, -0.05) is 24.3 Å². The van der Waals surface area contributed by atoms with Gasteiger partial charge < -0.3 is 14.5 Å². The van der Waals surface area contributed by atoms with Crippen LogP contribution in [-0.2, 0) is 5.41 Å². The van der Waals surface area contributed by atoms with Gasteiger partial charge in [0.05, 0.1) is 7.11 Å². The highest BCUT2D eigenvalue weighted by Crippen LogP contribution is 2.45. The largest absolute Gasteiger partial charge is 0.573 e. The van der Waals surface area contributed by atoms with E-state index in [1.807, 2.05) is 38.1 Å². The lowest BCUT2D eigenvalue weighted by atomic mass is 9.83. The average Bonchev–Trinajstić information content (AvgIpc) is 3.67. The van der Waals surface area contributed by atoms with Gasteiger partial charge >= 0.3 is 6.36 Å². The highest BCUT2D eigenvalue weighted by atomic mass is 19.4. The Bertz CT molecular complexity index is 1280. The van der Waals surface area contributed by atoms with E-state index in [0.29, 0.717) is 11.6 Å². The number of ketones is 1. The molecule has 0 bridgehead atoms. The van der Waals surface area contributed by atoms with Gasteiger partial charge in [0.25, 0.3) is 5.56 Å². The van der Waals surface area contributed by atoms with Crippen molar-refractivity contribution in [1.29, 1.82) is 0 Å². The molecule has 0 spiro atoms. The lowest BCUT2D eigenvalue weighted by molar-refractivity contribution is -0.274. The van der Waals surface area contributed by atoms with Crippen molar-refractivity contribution in [3.05, 3.63) is 87.6 Å². The second-order valence-corrected chi connectivity index (χ2v) is 9.52. The van der Waals surface area contributed by atoms with Crippen molar-refractivity contribution in [1.82, 2.24) is 9.97 Å². The number of carbonyl (C=O) groups excluding carboxylic acids is 1. The van der Waals surface area contributed by atoms with E-state index in [2.05, 4.69) is 14.7 Å². The van der Waals surface area contributed by atoms with Crippen LogP contribution in [0.25, 0.3) is 0 Å². The molecule has 4 rings (SSSR count). The van der Waals surface area contributed by atoms with Crippen LogP contribution in [-0.4, -0.2) is 29.2 Å². The summed E-state index contributed by atoms with van der Waals surface area (Å²) in [5.41, 5.74) is 0.586. The zero-order valence-corrected chi connectivity index (χ0v) is 20.2. The second-order valence-electron chi connectivity index (χ2n) is 9.52. The molecule has 0 saturated heterocycles. The lowest BCUT2D eigenvalue weighted by Gasteiger charge is -2.25. The first-order valence-electron chi connectivity index (χ1n) is 11.6. The third-order valence-electron chi connectivity index (χ3n) is 6.57. The Balaban J connectivity index is 1.57. The van der Waals surface area contributed by atoms with Crippen molar-refractivity contribution >= 4 is 5.78 Å². The Kier molecular flexibility index (Phi) is 6.93. The van der Waals surface area contributed by atoms with Crippen LogP contribution in [0.3, 0.4) is 0 Å². The molecule has 6 nitrogen and oxygen atoms in total. The lowest BCUT2D eigenvalue weighted by Crippen LogP contribution is -2.28. The summed E-state index contributed by atoms with van der Waals surface area (Å²) in [6, 6.07) is 14.2. The topological polar surface area (TPSA) is 81.3 Å². The molecule has 1 saturated carbocycles. The number of benzene rings is 2. The molecule has 0 unspecified atom stereocenters. The number of nitrogens with zero attached hydrogens (tertiary/aromatic N) is 1. The number of ether oxygens (including phenoxy) is 2. The Morgan fingerprint density at radius 3 is 2.22 bits per heavy atom. The van der Waals surface area contributed by atoms with Crippen LogP contribution in [0.15, 0.2) is 59.4 Å². The normalized spacial score (nSPS) is 14.8. The highest BCUT2D eigenvalue weighted by Gasteiger charge is 2.35. The van der Waals surface area contributed by atoms with Crippen molar-refractivity contribution < 1.29 is 27.4 Å². The smallest absolute Gasteiger partial charge is 0.497 e. The van der Waals surface area contributed by atoms with E-state index in [9.17, 15) is 22.8 Å². The van der Waals surface area contributed by atoms with Crippen LogP contribution >= 0.6 is 0 Å². The quantitative estimate of drug-likeness (QED) is 0.377. The summed E-state index contributed by atoms with van der Waals surface area (Å²) in [5, 5.41) is 0. The molecular formula is C27H27F3N2O4. The van der Waals surface area contributed by atoms with E-state index in [1.54, 1.807) is 19.2 Å². The van der Waals surface area contributed by atoms with E-state index in [4.69, 9.17) is 4.74 Å². The van der Waals surface area contributed by atoms with E-state index in [1.165, 1.54) is 18.2 Å². The number of rotatable bonds is 9. The number of nitrogens with one attached hydrogen (secondary N) is 1. The van der Waals surface area contributed by atoms with Gasteiger partial charge in [-0.25, -0.2) is 4.98 Å². The number of carbonyl (C=O) groups is 1. The molecule has 2 aromatic carbocycles. The van der Waals surface area contributed by atoms with Gasteiger partial charge in [0, 0.05) is 17.9 Å². The molecule has 1 aromatic heterocycles. The Hall–Kier alpha value is -3.62. The predicted octanol–water partition coefficient (Wildman–Crippen LogP) is 5.77. The van der Waals surface area contributed by atoms with Crippen LogP contribution in [0.1, 0.15) is 66.5 Å². The third kappa shape index (κ3) is 5.95. The molecule has 1 atom stereocenters. The number of hydrogen-bond donors (Lipinski definition) is 1. The van der Waals surface area contributed by atoms with Crippen LogP contribution in [0.2, 0.25) is 0 Å². The minimum Gasteiger partial charge on any atom is -0.497 e. The molecule has 1 aliphatic carbocycles. The van der Waals surface area contributed by atoms with Gasteiger partial charge in [-0.2, -0.15) is 0 Å². The third-order valence-corrected chi connectivity index (χ3v) is 6.57. The van der Waals surface area contributed by atoms with Gasteiger partial charge in [-0.3, -0.25) is 9.59 Å². The second kappa shape index (κ2) is 9.79. The first-order valence-corrected chi connectivity index (χ1v) is 11.6. The minimum atomic E-state index is -4.77. The molecule has 36 heavy (non-hydrogen) atoms. The first kappa shape index (κ1) is 25.5. The van der Waals surface area contributed by atoms with Gasteiger partial charge in [-0.05, 0) is 73.9 Å². The van der Waals surface area contributed by atoms with Gasteiger partial charge in [0.1, 0.15) is 23.0 Å². The molecule has 1 fully saturated rings. The summed E-state index contributed by atoms with van der Waals surface area (Å²) in [6.45, 7) is 3.80. The fourth-order valence-corrected chi connectivity index (χ4v) is 4.32. The maximum atomic E-state index is 13.3. The molecule has 1 aliphatic rings. The first-order chi connectivity index (χ1) is 17.0. The van der Waals surface area contributed by atoms with Gasteiger partial charge in [0.15, 0.2) is 5.78 Å².